The number of nitrogens with zero attached hydrogens (tertiary/aromatic N) is 2. The van der Waals surface area contributed by atoms with Crippen molar-refractivity contribution in [2.24, 2.45) is 0 Å². The van der Waals surface area contributed by atoms with Crippen LogP contribution in [0.1, 0.15) is 48.1 Å². The van der Waals surface area contributed by atoms with Crippen molar-refractivity contribution >= 4 is 0 Å². The van der Waals surface area contributed by atoms with Gasteiger partial charge in [-0.2, -0.15) is 5.10 Å². The number of aromatic nitrogens is 2. The molecule has 2 aromatic rings. The van der Waals surface area contributed by atoms with Crippen LogP contribution in [0, 0.1) is 13.8 Å². The third kappa shape index (κ3) is 2.63. The maximum atomic E-state index is 4.66. The first kappa shape index (κ1) is 13.4. The zero-order valence-corrected chi connectivity index (χ0v) is 12.6. The van der Waals surface area contributed by atoms with Crippen molar-refractivity contribution in [1.29, 1.82) is 0 Å². The van der Waals surface area contributed by atoms with Crippen molar-refractivity contribution in [1.82, 2.24) is 15.1 Å². The van der Waals surface area contributed by atoms with E-state index in [1.165, 1.54) is 40.9 Å². The fourth-order valence-electron chi connectivity index (χ4n) is 2.86. The van der Waals surface area contributed by atoms with Crippen molar-refractivity contribution in [2.75, 3.05) is 6.54 Å². The average Bonchev–Trinajstić information content (AvgIpc) is 3.15. The average molecular weight is 269 g/mol. The molecule has 1 aromatic carbocycles. The van der Waals surface area contributed by atoms with E-state index in [0.29, 0.717) is 5.92 Å². The number of hydrogen-bond acceptors (Lipinski definition) is 2. The SMILES string of the molecule is CCNCc1cnn(-c2cc(C)cc(C)c2)c1C1CC1. The summed E-state index contributed by atoms with van der Waals surface area (Å²) >= 11 is 0. The van der Waals surface area contributed by atoms with Crippen LogP contribution >= 0.6 is 0 Å². The molecular formula is C17H23N3. The van der Waals surface area contributed by atoms with Crippen molar-refractivity contribution < 1.29 is 0 Å². The van der Waals surface area contributed by atoms with Crippen LogP contribution < -0.4 is 5.32 Å². The van der Waals surface area contributed by atoms with Gasteiger partial charge in [0.1, 0.15) is 0 Å². The van der Waals surface area contributed by atoms with Crippen LogP contribution in [0.15, 0.2) is 24.4 Å². The van der Waals surface area contributed by atoms with E-state index in [4.69, 9.17) is 0 Å². The van der Waals surface area contributed by atoms with Crippen LogP contribution in [0.3, 0.4) is 0 Å². The maximum absolute atomic E-state index is 4.66. The fourth-order valence-corrected chi connectivity index (χ4v) is 2.86. The molecule has 3 rings (SSSR count). The van der Waals surface area contributed by atoms with E-state index < -0.39 is 0 Å². The van der Waals surface area contributed by atoms with E-state index in [1.54, 1.807) is 0 Å². The lowest BCUT2D eigenvalue weighted by Gasteiger charge is -2.11. The number of rotatable bonds is 5. The predicted octanol–water partition coefficient (Wildman–Crippen LogP) is 3.48. The number of nitrogens with one attached hydrogen (secondary N) is 1. The van der Waals surface area contributed by atoms with Gasteiger partial charge in [-0.1, -0.05) is 13.0 Å². The van der Waals surface area contributed by atoms with Gasteiger partial charge in [-0.15, -0.1) is 0 Å². The molecule has 0 amide bonds. The van der Waals surface area contributed by atoms with Crippen molar-refractivity contribution in [2.45, 2.75) is 46.1 Å². The zero-order chi connectivity index (χ0) is 14.1. The van der Waals surface area contributed by atoms with Crippen molar-refractivity contribution in [3.05, 3.63) is 46.8 Å². The molecule has 3 nitrogen and oxygen atoms in total. The minimum absolute atomic E-state index is 0.701. The Morgan fingerprint density at radius 3 is 2.50 bits per heavy atom. The minimum Gasteiger partial charge on any atom is -0.313 e. The first-order valence-corrected chi connectivity index (χ1v) is 7.55. The highest BCUT2D eigenvalue weighted by molar-refractivity contribution is 5.42. The van der Waals surface area contributed by atoms with Crippen LogP contribution in [-0.2, 0) is 6.54 Å². The lowest BCUT2D eigenvalue weighted by atomic mass is 10.1. The summed E-state index contributed by atoms with van der Waals surface area (Å²) in [5.41, 5.74) is 6.56. The molecule has 1 aromatic heterocycles. The van der Waals surface area contributed by atoms with Gasteiger partial charge in [0.15, 0.2) is 0 Å². The molecule has 0 spiro atoms. The number of hydrogen-bond donors (Lipinski definition) is 1. The van der Waals surface area contributed by atoms with E-state index in [-0.39, 0.29) is 0 Å². The Balaban J connectivity index is 2.02. The highest BCUT2D eigenvalue weighted by Gasteiger charge is 2.30. The summed E-state index contributed by atoms with van der Waals surface area (Å²) in [6.45, 7) is 8.36. The second-order valence-electron chi connectivity index (χ2n) is 5.87. The quantitative estimate of drug-likeness (QED) is 0.900. The Hall–Kier alpha value is -1.61. The van der Waals surface area contributed by atoms with Crippen molar-refractivity contribution in [3.8, 4) is 5.69 Å². The van der Waals surface area contributed by atoms with Gasteiger partial charge in [-0.25, -0.2) is 4.68 Å². The van der Waals surface area contributed by atoms with Gasteiger partial charge in [0.25, 0.3) is 0 Å². The predicted molar refractivity (Wildman–Crippen MR) is 82.4 cm³/mol. The van der Waals surface area contributed by atoms with Crippen LogP contribution in [-0.4, -0.2) is 16.3 Å². The molecule has 0 aliphatic heterocycles. The summed E-state index contributed by atoms with van der Waals surface area (Å²) in [5, 5.41) is 8.08. The Labute approximate surface area is 121 Å². The summed E-state index contributed by atoms with van der Waals surface area (Å²) in [7, 11) is 0. The molecule has 1 N–H and O–H groups in total. The molecule has 106 valence electrons. The van der Waals surface area contributed by atoms with E-state index >= 15 is 0 Å². The van der Waals surface area contributed by atoms with Gasteiger partial charge in [0, 0.05) is 18.0 Å². The van der Waals surface area contributed by atoms with Crippen molar-refractivity contribution in [3.63, 3.8) is 0 Å². The van der Waals surface area contributed by atoms with Crippen LogP contribution in [0.5, 0.6) is 0 Å². The van der Waals surface area contributed by atoms with Crippen LogP contribution in [0.25, 0.3) is 5.69 Å². The lowest BCUT2D eigenvalue weighted by molar-refractivity contribution is 0.714. The van der Waals surface area contributed by atoms with Gasteiger partial charge in [0.2, 0.25) is 0 Å². The zero-order valence-electron chi connectivity index (χ0n) is 12.6. The molecule has 0 bridgehead atoms. The van der Waals surface area contributed by atoms with E-state index in [2.05, 4.69) is 54.1 Å². The maximum Gasteiger partial charge on any atom is 0.0654 e. The van der Waals surface area contributed by atoms with Gasteiger partial charge in [-0.3, -0.25) is 0 Å². The first-order valence-electron chi connectivity index (χ1n) is 7.55. The smallest absolute Gasteiger partial charge is 0.0654 e. The highest BCUT2D eigenvalue weighted by atomic mass is 15.3. The molecule has 0 saturated heterocycles. The molecule has 1 aliphatic carbocycles. The summed E-state index contributed by atoms with van der Waals surface area (Å²) in [4.78, 5) is 0. The van der Waals surface area contributed by atoms with Gasteiger partial charge < -0.3 is 5.32 Å². The van der Waals surface area contributed by atoms with Gasteiger partial charge >= 0.3 is 0 Å². The molecule has 0 atom stereocenters. The fraction of sp³-hybridized carbons (Fsp3) is 0.471. The molecule has 20 heavy (non-hydrogen) atoms. The second kappa shape index (κ2) is 5.41. The first-order chi connectivity index (χ1) is 9.69. The normalized spacial score (nSPS) is 14.8. The summed E-state index contributed by atoms with van der Waals surface area (Å²) in [6.07, 6.45) is 4.64. The molecule has 0 radical (unpaired) electrons. The summed E-state index contributed by atoms with van der Waals surface area (Å²) in [6, 6.07) is 6.66. The molecule has 1 aliphatic rings. The standard InChI is InChI=1S/C17H23N3/c1-4-18-10-15-11-19-20(17(15)14-5-6-14)16-8-12(2)7-13(3)9-16/h7-9,11,14,18H,4-6,10H2,1-3H3. The lowest BCUT2D eigenvalue weighted by Crippen LogP contribution is -2.13. The molecule has 1 heterocycles. The molecule has 3 heteroatoms. The van der Waals surface area contributed by atoms with E-state index in [1.807, 2.05) is 6.20 Å². The minimum atomic E-state index is 0.701. The van der Waals surface area contributed by atoms with Gasteiger partial charge in [-0.05, 0) is 56.5 Å². The van der Waals surface area contributed by atoms with E-state index in [9.17, 15) is 0 Å². The summed E-state index contributed by atoms with van der Waals surface area (Å²) in [5.74, 6) is 0.701. The summed E-state index contributed by atoms with van der Waals surface area (Å²) < 4.78 is 2.16. The largest absolute Gasteiger partial charge is 0.313 e. The third-order valence-corrected chi connectivity index (χ3v) is 3.87. The Bertz CT molecular complexity index is 588. The number of benzene rings is 1. The Morgan fingerprint density at radius 2 is 1.90 bits per heavy atom. The van der Waals surface area contributed by atoms with Gasteiger partial charge in [0.05, 0.1) is 17.6 Å². The Kier molecular flexibility index (Phi) is 3.62. The van der Waals surface area contributed by atoms with E-state index in [0.717, 1.165) is 13.1 Å². The molecule has 0 unspecified atom stereocenters. The highest BCUT2D eigenvalue weighted by Crippen LogP contribution is 2.42. The number of aryl methyl sites for hydroxylation is 2. The molecule has 1 saturated carbocycles. The molecular weight excluding hydrogens is 246 g/mol. The van der Waals surface area contributed by atoms with Crippen LogP contribution in [0.2, 0.25) is 0 Å². The molecule has 1 fully saturated rings. The second-order valence-corrected chi connectivity index (χ2v) is 5.87. The Morgan fingerprint density at radius 1 is 1.20 bits per heavy atom. The third-order valence-electron chi connectivity index (χ3n) is 3.87. The van der Waals surface area contributed by atoms with Crippen LogP contribution in [0.4, 0.5) is 0 Å². The monoisotopic (exact) mass is 269 g/mol. The topological polar surface area (TPSA) is 29.9 Å².